The van der Waals surface area contributed by atoms with Crippen molar-refractivity contribution in [1.29, 1.82) is 0 Å². The van der Waals surface area contributed by atoms with E-state index in [1.165, 1.54) is 0 Å². The average Bonchev–Trinajstić information content (AvgIpc) is 3.07. The Morgan fingerprint density at radius 2 is 2.17 bits per heavy atom. The third-order valence-electron chi connectivity index (χ3n) is 3.82. The normalized spacial score (nSPS) is 19.5. The highest BCUT2D eigenvalue weighted by molar-refractivity contribution is 5.85. The van der Waals surface area contributed by atoms with Crippen LogP contribution in [-0.2, 0) is 16.1 Å². The van der Waals surface area contributed by atoms with Crippen LogP contribution in [0.5, 0.6) is 11.5 Å². The molecule has 1 heterocycles. The lowest BCUT2D eigenvalue weighted by Crippen LogP contribution is -2.35. The molecule has 0 radical (unpaired) electrons. The van der Waals surface area contributed by atoms with Crippen LogP contribution in [0.4, 0.5) is 0 Å². The molecule has 2 rings (SSSR count). The maximum absolute atomic E-state index is 12.1. The second-order valence-electron chi connectivity index (χ2n) is 5.61. The fourth-order valence-corrected chi connectivity index (χ4v) is 2.53. The molecule has 0 aromatic heterocycles. The minimum Gasteiger partial charge on any atom is -0.493 e. The first-order valence-electron chi connectivity index (χ1n) is 8.10. The Labute approximate surface area is 149 Å². The zero-order valence-corrected chi connectivity index (χ0v) is 15.1. The van der Waals surface area contributed by atoms with Gasteiger partial charge in [-0.3, -0.25) is 4.79 Å². The first kappa shape index (κ1) is 20.5. The lowest BCUT2D eigenvalue weighted by Gasteiger charge is -2.14. The SMILES string of the molecule is CCCOc1ccc(CNC(=O)[C@@H]2CC[C@H](CN)O2)cc1OC.Cl. The number of benzene rings is 1. The summed E-state index contributed by atoms with van der Waals surface area (Å²) in [5.74, 6) is 1.30. The Hall–Kier alpha value is -1.50. The second kappa shape index (κ2) is 10.4. The van der Waals surface area contributed by atoms with E-state index < -0.39 is 6.10 Å². The number of nitrogens with one attached hydrogen (secondary N) is 1. The maximum atomic E-state index is 12.1. The number of hydrogen-bond acceptors (Lipinski definition) is 5. The molecule has 2 atom stereocenters. The number of amides is 1. The van der Waals surface area contributed by atoms with Crippen LogP contribution in [0.1, 0.15) is 31.7 Å². The average molecular weight is 359 g/mol. The molecule has 24 heavy (non-hydrogen) atoms. The number of methoxy groups -OCH3 is 1. The summed E-state index contributed by atoms with van der Waals surface area (Å²) in [6, 6.07) is 5.67. The van der Waals surface area contributed by atoms with Crippen LogP contribution in [0, 0.1) is 0 Å². The van der Waals surface area contributed by atoms with Gasteiger partial charge in [0.1, 0.15) is 6.10 Å². The predicted octanol–water partition coefficient (Wildman–Crippen LogP) is 2.03. The standard InChI is InChI=1S/C17H26N2O4.ClH/c1-3-8-22-14-6-4-12(9-16(14)21-2)11-19-17(20)15-7-5-13(10-18)23-15;/h4,6,9,13,15H,3,5,7-8,10-11,18H2,1-2H3,(H,19,20);1H/t13-,15+;/m1./s1. The number of hydrogen-bond donors (Lipinski definition) is 2. The van der Waals surface area contributed by atoms with Crippen LogP contribution in [0.15, 0.2) is 18.2 Å². The van der Waals surface area contributed by atoms with Crippen molar-refractivity contribution in [2.24, 2.45) is 5.73 Å². The van der Waals surface area contributed by atoms with Gasteiger partial charge in [-0.15, -0.1) is 12.4 Å². The number of rotatable bonds is 8. The molecule has 0 spiro atoms. The van der Waals surface area contributed by atoms with Crippen LogP contribution >= 0.6 is 12.4 Å². The van der Waals surface area contributed by atoms with Crippen molar-refractivity contribution < 1.29 is 19.0 Å². The van der Waals surface area contributed by atoms with Crippen LogP contribution in [0.3, 0.4) is 0 Å². The van der Waals surface area contributed by atoms with Gasteiger partial charge in [-0.25, -0.2) is 0 Å². The van der Waals surface area contributed by atoms with E-state index in [1.54, 1.807) is 7.11 Å². The smallest absolute Gasteiger partial charge is 0.249 e. The third-order valence-corrected chi connectivity index (χ3v) is 3.82. The van der Waals surface area contributed by atoms with Gasteiger partial charge in [0, 0.05) is 13.1 Å². The van der Waals surface area contributed by atoms with Crippen LogP contribution < -0.4 is 20.5 Å². The quantitative estimate of drug-likeness (QED) is 0.743. The van der Waals surface area contributed by atoms with Crippen molar-refractivity contribution >= 4 is 18.3 Å². The summed E-state index contributed by atoms with van der Waals surface area (Å²) in [6.45, 7) is 3.58. The Bertz CT molecular complexity index is 527. The Balaban J connectivity index is 0.00000288. The Morgan fingerprint density at radius 3 is 2.79 bits per heavy atom. The third kappa shape index (κ3) is 5.54. The summed E-state index contributed by atoms with van der Waals surface area (Å²) in [7, 11) is 1.61. The number of carbonyl (C=O) groups is 1. The van der Waals surface area contributed by atoms with Crippen molar-refractivity contribution in [2.75, 3.05) is 20.3 Å². The molecule has 6 nitrogen and oxygen atoms in total. The highest BCUT2D eigenvalue weighted by Crippen LogP contribution is 2.28. The van der Waals surface area contributed by atoms with Gasteiger partial charge >= 0.3 is 0 Å². The number of nitrogens with two attached hydrogens (primary N) is 1. The Morgan fingerprint density at radius 1 is 1.38 bits per heavy atom. The zero-order valence-electron chi connectivity index (χ0n) is 14.2. The summed E-state index contributed by atoms with van der Waals surface area (Å²) in [6.07, 6.45) is 2.11. The highest BCUT2D eigenvalue weighted by Gasteiger charge is 2.29. The van der Waals surface area contributed by atoms with E-state index in [4.69, 9.17) is 19.9 Å². The van der Waals surface area contributed by atoms with E-state index in [0.717, 1.165) is 24.8 Å². The van der Waals surface area contributed by atoms with Gasteiger partial charge in [0.25, 0.3) is 0 Å². The topological polar surface area (TPSA) is 82.8 Å². The predicted molar refractivity (Wildman–Crippen MR) is 94.8 cm³/mol. The van der Waals surface area contributed by atoms with Crippen LogP contribution in [-0.4, -0.2) is 38.4 Å². The molecule has 1 aromatic carbocycles. The molecule has 0 bridgehead atoms. The van der Waals surface area contributed by atoms with E-state index in [1.807, 2.05) is 18.2 Å². The van der Waals surface area contributed by atoms with Gasteiger partial charge in [0.05, 0.1) is 19.8 Å². The largest absolute Gasteiger partial charge is 0.493 e. The molecular formula is C17H27ClN2O4. The van der Waals surface area contributed by atoms with Crippen molar-refractivity contribution in [2.45, 2.75) is 44.9 Å². The van der Waals surface area contributed by atoms with Gasteiger partial charge in [-0.05, 0) is 37.0 Å². The molecule has 0 aliphatic carbocycles. The number of halogens is 1. The van der Waals surface area contributed by atoms with Crippen molar-refractivity contribution in [1.82, 2.24) is 5.32 Å². The first-order valence-corrected chi connectivity index (χ1v) is 8.10. The zero-order chi connectivity index (χ0) is 16.7. The Kier molecular flexibility index (Phi) is 8.89. The minimum atomic E-state index is -0.391. The molecule has 1 aliphatic rings. The molecular weight excluding hydrogens is 332 g/mol. The molecule has 1 amide bonds. The molecule has 1 aliphatic heterocycles. The fraction of sp³-hybridized carbons (Fsp3) is 0.588. The van der Waals surface area contributed by atoms with E-state index in [9.17, 15) is 4.79 Å². The van der Waals surface area contributed by atoms with E-state index in [2.05, 4.69) is 12.2 Å². The van der Waals surface area contributed by atoms with Crippen molar-refractivity contribution in [3.63, 3.8) is 0 Å². The summed E-state index contributed by atoms with van der Waals surface area (Å²) in [5, 5.41) is 2.90. The molecule has 1 fully saturated rings. The highest BCUT2D eigenvalue weighted by atomic mass is 35.5. The monoisotopic (exact) mass is 358 g/mol. The van der Waals surface area contributed by atoms with E-state index in [0.29, 0.717) is 31.2 Å². The lowest BCUT2D eigenvalue weighted by atomic mass is 10.1. The van der Waals surface area contributed by atoms with Gasteiger partial charge < -0.3 is 25.3 Å². The van der Waals surface area contributed by atoms with E-state index >= 15 is 0 Å². The van der Waals surface area contributed by atoms with Crippen molar-refractivity contribution in [3.8, 4) is 11.5 Å². The molecule has 136 valence electrons. The van der Waals surface area contributed by atoms with E-state index in [-0.39, 0.29) is 24.4 Å². The molecule has 7 heteroatoms. The van der Waals surface area contributed by atoms with Gasteiger partial charge in [-0.2, -0.15) is 0 Å². The maximum Gasteiger partial charge on any atom is 0.249 e. The van der Waals surface area contributed by atoms with Crippen molar-refractivity contribution in [3.05, 3.63) is 23.8 Å². The molecule has 1 saturated heterocycles. The summed E-state index contributed by atoms with van der Waals surface area (Å²) in [5.41, 5.74) is 6.51. The van der Waals surface area contributed by atoms with Crippen LogP contribution in [0.25, 0.3) is 0 Å². The van der Waals surface area contributed by atoms with Gasteiger partial charge in [0.2, 0.25) is 5.91 Å². The second-order valence-corrected chi connectivity index (χ2v) is 5.61. The number of ether oxygens (including phenoxy) is 3. The molecule has 0 saturated carbocycles. The molecule has 3 N–H and O–H groups in total. The van der Waals surface area contributed by atoms with Gasteiger partial charge in [0.15, 0.2) is 11.5 Å². The summed E-state index contributed by atoms with van der Waals surface area (Å²) in [4.78, 5) is 12.1. The fourth-order valence-electron chi connectivity index (χ4n) is 2.53. The molecule has 0 unspecified atom stereocenters. The van der Waals surface area contributed by atoms with Gasteiger partial charge in [-0.1, -0.05) is 13.0 Å². The first-order chi connectivity index (χ1) is 11.2. The number of carbonyl (C=O) groups excluding carboxylic acids is 1. The summed E-state index contributed by atoms with van der Waals surface area (Å²) >= 11 is 0. The van der Waals surface area contributed by atoms with Crippen LogP contribution in [0.2, 0.25) is 0 Å². The lowest BCUT2D eigenvalue weighted by molar-refractivity contribution is -0.132. The summed E-state index contributed by atoms with van der Waals surface area (Å²) < 4.78 is 16.5. The minimum absolute atomic E-state index is 0. The molecule has 1 aromatic rings.